The van der Waals surface area contributed by atoms with Gasteiger partial charge in [-0.25, -0.2) is 10.1 Å². The SMILES string of the molecule is C/C(=N\NC(=O)c1nnn(-c2nonc2N)c1CN1CCc2ccccc21)c1cccc([N+](=O)[O-])c1. The van der Waals surface area contributed by atoms with Crippen LogP contribution in [0.15, 0.2) is 58.3 Å². The number of aromatic nitrogens is 5. The van der Waals surface area contributed by atoms with Gasteiger partial charge in [-0.15, -0.1) is 5.10 Å². The van der Waals surface area contributed by atoms with Gasteiger partial charge in [-0.05, 0) is 35.3 Å². The maximum atomic E-state index is 13.1. The number of nitrogens with two attached hydrogens (primary N) is 1. The molecule has 0 fully saturated rings. The van der Waals surface area contributed by atoms with Crippen LogP contribution < -0.4 is 16.1 Å². The average molecular weight is 488 g/mol. The van der Waals surface area contributed by atoms with Crippen molar-refractivity contribution in [2.75, 3.05) is 17.2 Å². The summed E-state index contributed by atoms with van der Waals surface area (Å²) in [7, 11) is 0. The summed E-state index contributed by atoms with van der Waals surface area (Å²) < 4.78 is 6.03. The van der Waals surface area contributed by atoms with Crippen LogP contribution in [0.5, 0.6) is 0 Å². The molecule has 3 N–H and O–H groups in total. The van der Waals surface area contributed by atoms with E-state index in [1.807, 2.05) is 18.2 Å². The van der Waals surface area contributed by atoms with Gasteiger partial charge in [-0.3, -0.25) is 14.9 Å². The standard InChI is InChI=1S/C22H20N10O4/c1-13(15-6-4-7-16(11-15)32(34)35)24-26-22(33)19-18(31(29-25-19)21-20(23)27-36-28-21)12-30-10-9-14-5-2-3-8-17(14)30/h2-8,11H,9-10,12H2,1H3,(H2,23,27)(H,26,33)/b24-13+. The first-order chi connectivity index (χ1) is 17.4. The molecule has 182 valence electrons. The number of non-ortho nitro benzene ring substituents is 1. The lowest BCUT2D eigenvalue weighted by Crippen LogP contribution is -2.26. The molecule has 2 aromatic carbocycles. The van der Waals surface area contributed by atoms with Gasteiger partial charge in [0.25, 0.3) is 11.6 Å². The van der Waals surface area contributed by atoms with E-state index >= 15 is 0 Å². The molecular formula is C22H20N10O4. The Kier molecular flexibility index (Phi) is 5.82. The Balaban J connectivity index is 1.45. The van der Waals surface area contributed by atoms with Gasteiger partial charge < -0.3 is 10.6 Å². The van der Waals surface area contributed by atoms with E-state index in [4.69, 9.17) is 10.4 Å². The summed E-state index contributed by atoms with van der Waals surface area (Å²) in [5, 5.41) is 30.7. The smallest absolute Gasteiger partial charge is 0.293 e. The molecule has 0 saturated carbocycles. The fraction of sp³-hybridized carbons (Fsp3) is 0.182. The van der Waals surface area contributed by atoms with Crippen molar-refractivity contribution in [1.29, 1.82) is 0 Å². The molecule has 36 heavy (non-hydrogen) atoms. The summed E-state index contributed by atoms with van der Waals surface area (Å²) in [6.07, 6.45) is 0.861. The Morgan fingerprint density at radius 3 is 2.86 bits per heavy atom. The summed E-state index contributed by atoms with van der Waals surface area (Å²) >= 11 is 0. The molecule has 0 unspecified atom stereocenters. The highest BCUT2D eigenvalue weighted by Gasteiger charge is 2.28. The van der Waals surface area contributed by atoms with Crippen LogP contribution in [0, 0.1) is 10.1 Å². The van der Waals surface area contributed by atoms with Gasteiger partial charge in [0.15, 0.2) is 5.69 Å². The number of hydrazone groups is 1. The van der Waals surface area contributed by atoms with Crippen molar-refractivity contribution in [3.8, 4) is 5.82 Å². The van der Waals surface area contributed by atoms with E-state index < -0.39 is 10.8 Å². The van der Waals surface area contributed by atoms with Gasteiger partial charge in [0.1, 0.15) is 0 Å². The second kappa shape index (κ2) is 9.25. The van der Waals surface area contributed by atoms with Gasteiger partial charge in [0.2, 0.25) is 11.6 Å². The van der Waals surface area contributed by atoms with Crippen LogP contribution in [-0.2, 0) is 13.0 Å². The Bertz CT molecular complexity index is 1490. The first-order valence-electron chi connectivity index (χ1n) is 10.9. The molecule has 5 rings (SSSR count). The van der Waals surface area contributed by atoms with Crippen LogP contribution in [0.4, 0.5) is 17.2 Å². The number of nitrogens with zero attached hydrogens (tertiary/aromatic N) is 8. The van der Waals surface area contributed by atoms with Crippen molar-refractivity contribution in [2.45, 2.75) is 19.9 Å². The molecule has 0 spiro atoms. The molecule has 1 aliphatic heterocycles. The molecule has 1 amide bonds. The number of hydrogen-bond acceptors (Lipinski definition) is 11. The van der Waals surface area contributed by atoms with Crippen molar-refractivity contribution in [2.24, 2.45) is 5.10 Å². The molecular weight excluding hydrogens is 468 g/mol. The predicted octanol–water partition coefficient (Wildman–Crippen LogP) is 1.86. The van der Waals surface area contributed by atoms with Crippen LogP contribution in [0.3, 0.4) is 0 Å². The number of anilines is 2. The van der Waals surface area contributed by atoms with Crippen molar-refractivity contribution < 1.29 is 14.3 Å². The van der Waals surface area contributed by atoms with Gasteiger partial charge in [-0.1, -0.05) is 35.5 Å². The summed E-state index contributed by atoms with van der Waals surface area (Å²) in [6.45, 7) is 2.65. The molecule has 0 atom stereocenters. The highest BCUT2D eigenvalue weighted by molar-refractivity contribution is 6.01. The number of hydrogen-bond donors (Lipinski definition) is 2. The molecule has 0 bridgehead atoms. The molecule has 3 heterocycles. The molecule has 0 aliphatic carbocycles. The molecule has 0 saturated heterocycles. The first-order valence-corrected chi connectivity index (χ1v) is 10.9. The largest absolute Gasteiger partial charge is 0.378 e. The summed E-state index contributed by atoms with van der Waals surface area (Å²) in [5.41, 5.74) is 11.8. The normalized spacial score (nSPS) is 13.0. The number of nitro groups is 1. The van der Waals surface area contributed by atoms with E-state index in [1.54, 1.807) is 19.1 Å². The summed E-state index contributed by atoms with van der Waals surface area (Å²) in [6, 6.07) is 14.0. The Hall–Kier alpha value is -5.14. The van der Waals surface area contributed by atoms with Gasteiger partial charge in [0, 0.05) is 29.9 Å². The van der Waals surface area contributed by atoms with Crippen LogP contribution >= 0.6 is 0 Å². The van der Waals surface area contributed by atoms with E-state index in [2.05, 4.69) is 42.1 Å². The minimum Gasteiger partial charge on any atom is -0.378 e. The van der Waals surface area contributed by atoms with E-state index in [9.17, 15) is 14.9 Å². The fourth-order valence-corrected chi connectivity index (χ4v) is 3.98. The van der Waals surface area contributed by atoms with Crippen LogP contribution in [-0.4, -0.2) is 48.4 Å². The number of carbonyl (C=O) groups excluding carboxylic acids is 1. The number of para-hydroxylation sites is 1. The monoisotopic (exact) mass is 488 g/mol. The average Bonchev–Trinajstić information content (AvgIpc) is 3.61. The molecule has 14 heteroatoms. The molecule has 1 aliphatic rings. The van der Waals surface area contributed by atoms with Gasteiger partial charge >= 0.3 is 0 Å². The van der Waals surface area contributed by atoms with Crippen molar-refractivity contribution in [3.05, 3.63) is 81.2 Å². The number of fused-ring (bicyclic) bond motifs is 1. The molecule has 0 radical (unpaired) electrons. The number of carbonyl (C=O) groups is 1. The van der Waals surface area contributed by atoms with E-state index in [1.165, 1.54) is 22.4 Å². The Morgan fingerprint density at radius 2 is 2.08 bits per heavy atom. The lowest BCUT2D eigenvalue weighted by Gasteiger charge is -2.19. The predicted molar refractivity (Wildman–Crippen MR) is 128 cm³/mol. The van der Waals surface area contributed by atoms with Crippen molar-refractivity contribution >= 4 is 28.8 Å². The maximum absolute atomic E-state index is 13.1. The third-order valence-electron chi connectivity index (χ3n) is 5.80. The molecule has 2 aromatic heterocycles. The van der Waals surface area contributed by atoms with Crippen molar-refractivity contribution in [1.82, 2.24) is 30.7 Å². The topological polar surface area (TPSA) is 183 Å². The second-order valence-electron chi connectivity index (χ2n) is 8.02. The van der Waals surface area contributed by atoms with Gasteiger partial charge in [0.05, 0.1) is 22.9 Å². The Labute approximate surface area is 203 Å². The van der Waals surface area contributed by atoms with Crippen LogP contribution in [0.1, 0.15) is 34.2 Å². The third-order valence-corrected chi connectivity index (χ3v) is 5.80. The minimum absolute atomic E-state index is 0.00512. The zero-order chi connectivity index (χ0) is 25.2. The fourth-order valence-electron chi connectivity index (χ4n) is 3.98. The Morgan fingerprint density at radius 1 is 1.25 bits per heavy atom. The molecule has 14 nitrogen and oxygen atoms in total. The number of amides is 1. The zero-order valence-corrected chi connectivity index (χ0v) is 19.0. The van der Waals surface area contributed by atoms with Crippen LogP contribution in [0.25, 0.3) is 5.82 Å². The highest BCUT2D eigenvalue weighted by Crippen LogP contribution is 2.30. The second-order valence-corrected chi connectivity index (χ2v) is 8.02. The van der Waals surface area contributed by atoms with Crippen molar-refractivity contribution in [3.63, 3.8) is 0 Å². The number of rotatable bonds is 7. The van der Waals surface area contributed by atoms with Gasteiger partial charge in [-0.2, -0.15) is 9.78 Å². The lowest BCUT2D eigenvalue weighted by molar-refractivity contribution is -0.384. The summed E-state index contributed by atoms with van der Waals surface area (Å²) in [5.74, 6) is -0.515. The minimum atomic E-state index is -0.622. The number of nitro benzene ring substituents is 1. The van der Waals surface area contributed by atoms with Crippen LogP contribution in [0.2, 0.25) is 0 Å². The van der Waals surface area contributed by atoms with E-state index in [0.29, 0.717) is 17.0 Å². The molecule has 4 aromatic rings. The third kappa shape index (κ3) is 4.22. The van der Waals surface area contributed by atoms with E-state index in [0.717, 1.165) is 18.7 Å². The summed E-state index contributed by atoms with van der Waals surface area (Å²) in [4.78, 5) is 25.8. The number of benzene rings is 2. The quantitative estimate of drug-likeness (QED) is 0.221. The lowest BCUT2D eigenvalue weighted by atomic mass is 10.1. The van der Waals surface area contributed by atoms with E-state index in [-0.39, 0.29) is 29.6 Å². The number of nitrogen functional groups attached to an aromatic ring is 1. The maximum Gasteiger partial charge on any atom is 0.293 e. The highest BCUT2D eigenvalue weighted by atomic mass is 16.6. The number of nitrogens with one attached hydrogen (secondary N) is 1. The zero-order valence-electron chi connectivity index (χ0n) is 19.0. The first kappa shape index (κ1) is 22.6.